The van der Waals surface area contributed by atoms with Crippen molar-refractivity contribution >= 4 is 11.2 Å². The minimum absolute atomic E-state index is 0.0397. The maximum absolute atomic E-state index is 12.0. The smallest absolute Gasteiger partial charge is 0.161 e. The molecule has 0 unspecified atom stereocenters. The average Bonchev–Trinajstić information content (AvgIpc) is 3.51. The monoisotopic (exact) mass is 684 g/mol. The molecule has 0 aliphatic heterocycles. The summed E-state index contributed by atoms with van der Waals surface area (Å²) in [5, 5.41) is 12.0. The zero-order valence-corrected chi connectivity index (χ0v) is 31.8. The van der Waals surface area contributed by atoms with E-state index in [0.717, 1.165) is 72.5 Å². The summed E-state index contributed by atoms with van der Waals surface area (Å²) in [6.45, 7) is 19.5. The number of hydrogen-bond acceptors (Lipinski definition) is 4. The van der Waals surface area contributed by atoms with Gasteiger partial charge in [0.1, 0.15) is 17.1 Å². The number of aromatic nitrogens is 4. The van der Waals surface area contributed by atoms with Crippen molar-refractivity contribution in [3.05, 3.63) is 132 Å². The number of phenolic OH excluding ortho intramolecular Hbond substituents is 1. The average molecular weight is 685 g/mol. The molecule has 0 spiro atoms. The van der Waals surface area contributed by atoms with Crippen LogP contribution in [0.25, 0.3) is 67.2 Å². The molecule has 3 aromatic heterocycles. The van der Waals surface area contributed by atoms with Gasteiger partial charge in [-0.15, -0.1) is 0 Å². The Labute approximate surface area is 308 Å². The lowest BCUT2D eigenvalue weighted by atomic mass is 9.79. The van der Waals surface area contributed by atoms with Gasteiger partial charge in [0.15, 0.2) is 5.65 Å². The van der Waals surface area contributed by atoms with Gasteiger partial charge in [-0.2, -0.15) is 0 Å². The van der Waals surface area contributed by atoms with Gasteiger partial charge in [-0.05, 0) is 107 Å². The van der Waals surface area contributed by atoms with Gasteiger partial charge in [-0.25, -0.2) is 9.97 Å². The Morgan fingerprint density at radius 1 is 0.615 bits per heavy atom. The van der Waals surface area contributed by atoms with Crippen LogP contribution >= 0.6 is 0 Å². The number of hydrogen-bond donors (Lipinski definition) is 1. The van der Waals surface area contributed by atoms with Gasteiger partial charge in [0.25, 0.3) is 0 Å². The first-order chi connectivity index (χ1) is 24.7. The minimum atomic E-state index is -0.267. The van der Waals surface area contributed by atoms with Crippen molar-refractivity contribution in [2.75, 3.05) is 0 Å². The third kappa shape index (κ3) is 6.52. The van der Waals surface area contributed by atoms with E-state index in [1.54, 1.807) is 0 Å². The molecule has 0 amide bonds. The maximum atomic E-state index is 12.0. The third-order valence-corrected chi connectivity index (χ3v) is 9.96. The normalized spacial score (nSPS) is 12.2. The number of fused-ring (bicyclic) bond motifs is 1. The molecule has 0 bridgehead atoms. The molecule has 3 heterocycles. The van der Waals surface area contributed by atoms with Crippen LogP contribution in [0.15, 0.2) is 116 Å². The quantitative estimate of drug-likeness (QED) is 0.189. The van der Waals surface area contributed by atoms with Gasteiger partial charge in [0, 0.05) is 35.1 Å². The van der Waals surface area contributed by atoms with E-state index in [1.165, 1.54) is 5.56 Å². The van der Waals surface area contributed by atoms with E-state index in [9.17, 15) is 5.11 Å². The Balaban J connectivity index is 1.49. The summed E-state index contributed by atoms with van der Waals surface area (Å²) in [6, 6.07) is 36.2. The molecule has 5 nitrogen and oxygen atoms in total. The molecule has 7 aromatic rings. The topological polar surface area (TPSA) is 63.8 Å². The molecule has 0 radical (unpaired) electrons. The molecule has 0 atom stereocenters. The maximum Gasteiger partial charge on any atom is 0.161 e. The molecule has 52 heavy (non-hydrogen) atoms. The lowest BCUT2D eigenvalue weighted by Gasteiger charge is -2.27. The van der Waals surface area contributed by atoms with Crippen molar-refractivity contribution in [1.29, 1.82) is 0 Å². The predicted molar refractivity (Wildman–Crippen MR) is 217 cm³/mol. The molecular weight excluding hydrogens is 637 g/mol. The summed E-state index contributed by atoms with van der Waals surface area (Å²) < 4.78 is 2.17. The van der Waals surface area contributed by atoms with Gasteiger partial charge in [0.05, 0.1) is 11.3 Å². The van der Waals surface area contributed by atoms with Crippen molar-refractivity contribution < 1.29 is 5.11 Å². The summed E-state index contributed by atoms with van der Waals surface area (Å²) in [7, 11) is 0. The highest BCUT2D eigenvalue weighted by molar-refractivity contribution is 5.95. The first-order valence-electron chi connectivity index (χ1n) is 18.2. The molecule has 0 aliphatic carbocycles. The fourth-order valence-electron chi connectivity index (χ4n) is 7.05. The number of aryl methyl sites for hydroxylation is 1. The van der Waals surface area contributed by atoms with E-state index in [2.05, 4.69) is 158 Å². The highest BCUT2D eigenvalue weighted by Gasteiger charge is 2.29. The van der Waals surface area contributed by atoms with Crippen LogP contribution in [-0.4, -0.2) is 24.6 Å². The lowest BCUT2D eigenvalue weighted by molar-refractivity contribution is 0.445. The Morgan fingerprint density at radius 3 is 1.88 bits per heavy atom. The minimum Gasteiger partial charge on any atom is -0.507 e. The van der Waals surface area contributed by atoms with Crippen LogP contribution in [0, 0.1) is 6.92 Å². The summed E-state index contributed by atoms with van der Waals surface area (Å²) in [5.41, 5.74) is 13.6. The molecule has 5 heteroatoms. The van der Waals surface area contributed by atoms with Crippen LogP contribution in [0.4, 0.5) is 0 Å². The number of nitrogens with zero attached hydrogens (tertiary/aromatic N) is 4. The van der Waals surface area contributed by atoms with Crippen molar-refractivity contribution in [2.24, 2.45) is 0 Å². The zero-order valence-electron chi connectivity index (χ0n) is 31.8. The molecule has 1 N–H and O–H groups in total. The summed E-state index contributed by atoms with van der Waals surface area (Å²) in [6.07, 6.45) is 3.85. The molecule has 7 rings (SSSR count). The molecule has 0 saturated heterocycles. The SMILES string of the molecule is Cc1cnc(-c2cc(-c3ccccc3)cc(-c3ccnc4c3nc(-c3cc(C(C)(C)C)cc(C(C)(C)C)c3O)n4C(C)C)c2)cc1-c1ccccc1. The number of imidazole rings is 1. The molecule has 262 valence electrons. The third-order valence-electron chi connectivity index (χ3n) is 9.96. The molecule has 0 aliphatic rings. The van der Waals surface area contributed by atoms with Crippen molar-refractivity contribution in [2.45, 2.75) is 79.2 Å². The van der Waals surface area contributed by atoms with Crippen LogP contribution in [0.1, 0.15) is 78.1 Å². The first kappa shape index (κ1) is 34.9. The van der Waals surface area contributed by atoms with E-state index in [1.807, 2.05) is 24.5 Å². The number of benzene rings is 4. The number of phenols is 1. The molecule has 0 fully saturated rings. The fraction of sp³-hybridized carbons (Fsp3) is 0.255. The largest absolute Gasteiger partial charge is 0.507 e. The van der Waals surface area contributed by atoms with E-state index in [-0.39, 0.29) is 22.6 Å². The summed E-state index contributed by atoms with van der Waals surface area (Å²) in [4.78, 5) is 15.3. The van der Waals surface area contributed by atoms with Crippen LogP contribution in [-0.2, 0) is 10.8 Å². The van der Waals surface area contributed by atoms with Gasteiger partial charge < -0.3 is 9.67 Å². The van der Waals surface area contributed by atoms with E-state index in [4.69, 9.17) is 15.0 Å². The van der Waals surface area contributed by atoms with E-state index < -0.39 is 0 Å². The second-order valence-electron chi connectivity index (χ2n) is 16.3. The predicted octanol–water partition coefficient (Wildman–Crippen LogP) is 12.4. The Bertz CT molecular complexity index is 2410. The second-order valence-corrected chi connectivity index (χ2v) is 16.3. The van der Waals surface area contributed by atoms with Crippen molar-refractivity contribution in [3.63, 3.8) is 0 Å². The Kier molecular flexibility index (Phi) is 8.86. The lowest BCUT2D eigenvalue weighted by Crippen LogP contribution is -2.17. The van der Waals surface area contributed by atoms with Gasteiger partial charge in [0.2, 0.25) is 0 Å². The molecule has 4 aromatic carbocycles. The Hall–Kier alpha value is -5.55. The van der Waals surface area contributed by atoms with Crippen LogP contribution < -0.4 is 0 Å². The standard InChI is InChI=1S/C47H48N4O/c1-29(2)51-44(39-25-36(46(4,5)6)26-40(43(39)52)47(7,8)9)50-42-37(20-21-48-45(42)51)34-22-33(31-16-12-10-13-17-31)23-35(24-34)41-27-38(30(3)28-49-41)32-18-14-11-15-19-32/h10-29,52H,1-9H3. The van der Waals surface area contributed by atoms with Crippen LogP contribution in [0.5, 0.6) is 5.75 Å². The number of pyridine rings is 2. The summed E-state index contributed by atoms with van der Waals surface area (Å²) >= 11 is 0. The van der Waals surface area contributed by atoms with Gasteiger partial charge >= 0.3 is 0 Å². The zero-order chi connectivity index (χ0) is 36.9. The fourth-order valence-corrected chi connectivity index (χ4v) is 7.05. The second kappa shape index (κ2) is 13.2. The van der Waals surface area contributed by atoms with Crippen molar-refractivity contribution in [1.82, 2.24) is 19.5 Å². The first-order valence-corrected chi connectivity index (χ1v) is 18.2. The highest BCUT2D eigenvalue weighted by atomic mass is 16.3. The van der Waals surface area contributed by atoms with Crippen molar-refractivity contribution in [3.8, 4) is 61.8 Å². The molecule has 0 saturated carbocycles. The number of aromatic hydroxyl groups is 1. The van der Waals surface area contributed by atoms with Crippen LogP contribution in [0.3, 0.4) is 0 Å². The molecular formula is C47H48N4O. The number of rotatable bonds is 6. The van der Waals surface area contributed by atoms with Gasteiger partial charge in [-0.1, -0.05) is 108 Å². The van der Waals surface area contributed by atoms with E-state index >= 15 is 0 Å². The highest BCUT2D eigenvalue weighted by Crippen LogP contribution is 2.44. The Morgan fingerprint density at radius 2 is 1.25 bits per heavy atom. The summed E-state index contributed by atoms with van der Waals surface area (Å²) in [5.74, 6) is 0.985. The van der Waals surface area contributed by atoms with Gasteiger partial charge in [-0.3, -0.25) is 4.98 Å². The van der Waals surface area contributed by atoms with E-state index in [0.29, 0.717) is 5.82 Å². The van der Waals surface area contributed by atoms with Crippen LogP contribution in [0.2, 0.25) is 0 Å².